The second-order valence-electron chi connectivity index (χ2n) is 5.81. The maximum absolute atomic E-state index is 13.0. The van der Waals surface area contributed by atoms with Crippen molar-refractivity contribution in [1.29, 1.82) is 0 Å². The first-order valence-electron chi connectivity index (χ1n) is 7.45. The summed E-state index contributed by atoms with van der Waals surface area (Å²) in [5, 5.41) is 0. The molecule has 0 spiro atoms. The number of amides is 1. The molecular formula is C17H20ClFN2OS. The molecule has 1 aromatic carbocycles. The molecule has 2 N–H and O–H groups in total. The topological polar surface area (TPSA) is 46.3 Å². The van der Waals surface area contributed by atoms with Crippen LogP contribution < -0.4 is 5.73 Å². The van der Waals surface area contributed by atoms with Gasteiger partial charge in [0.1, 0.15) is 5.82 Å². The molecule has 3 nitrogen and oxygen atoms in total. The summed E-state index contributed by atoms with van der Waals surface area (Å²) in [4.78, 5) is 16.3. The van der Waals surface area contributed by atoms with E-state index in [9.17, 15) is 9.18 Å². The number of hydrogen-bond donors (Lipinski definition) is 1. The number of carbonyl (C=O) groups excluding carboxylic acids is 1. The number of nitrogens with zero attached hydrogens (tertiary/aromatic N) is 1. The highest BCUT2D eigenvalue weighted by Crippen LogP contribution is 2.31. The van der Waals surface area contributed by atoms with Gasteiger partial charge in [-0.3, -0.25) is 4.79 Å². The molecule has 2 atom stereocenters. The summed E-state index contributed by atoms with van der Waals surface area (Å²) in [7, 11) is 0. The average Bonchev–Trinajstić information content (AvgIpc) is 3.14. The molecule has 1 aliphatic rings. The van der Waals surface area contributed by atoms with Crippen molar-refractivity contribution in [3.05, 3.63) is 47.1 Å². The van der Waals surface area contributed by atoms with Crippen LogP contribution in [0.25, 0.3) is 10.4 Å². The molecule has 0 aliphatic carbocycles. The number of thiophene rings is 1. The smallest absolute Gasteiger partial charge is 0.264 e. The fraction of sp³-hybridized carbons (Fsp3) is 0.353. The minimum Gasteiger partial charge on any atom is -0.335 e. The van der Waals surface area contributed by atoms with Crippen LogP contribution in [0.5, 0.6) is 0 Å². The molecule has 2 aromatic rings. The predicted octanol–water partition coefficient (Wildman–Crippen LogP) is 3.79. The average molecular weight is 355 g/mol. The van der Waals surface area contributed by atoms with Crippen LogP contribution in [0.15, 0.2) is 36.4 Å². The first kappa shape index (κ1) is 17.9. The molecule has 0 saturated carbocycles. The van der Waals surface area contributed by atoms with Gasteiger partial charge in [-0.2, -0.15) is 0 Å². The first-order valence-corrected chi connectivity index (χ1v) is 8.27. The molecule has 23 heavy (non-hydrogen) atoms. The van der Waals surface area contributed by atoms with Crippen molar-refractivity contribution in [3.8, 4) is 10.4 Å². The second kappa shape index (κ2) is 7.43. The maximum atomic E-state index is 13.0. The summed E-state index contributed by atoms with van der Waals surface area (Å²) in [6, 6.07) is 10.4. The molecule has 1 fully saturated rings. The van der Waals surface area contributed by atoms with E-state index in [1.54, 1.807) is 12.1 Å². The number of hydrogen-bond acceptors (Lipinski definition) is 3. The van der Waals surface area contributed by atoms with Crippen molar-refractivity contribution in [2.75, 3.05) is 13.1 Å². The van der Waals surface area contributed by atoms with Crippen LogP contribution in [0, 0.1) is 11.7 Å². The summed E-state index contributed by atoms with van der Waals surface area (Å²) in [5.41, 5.74) is 6.65. The summed E-state index contributed by atoms with van der Waals surface area (Å²) in [5.74, 6) is 0.215. The lowest BCUT2D eigenvalue weighted by atomic mass is 10.1. The van der Waals surface area contributed by atoms with E-state index in [2.05, 4.69) is 6.92 Å². The van der Waals surface area contributed by atoms with Crippen LogP contribution in [-0.2, 0) is 0 Å². The van der Waals surface area contributed by atoms with Crippen LogP contribution in [0.2, 0.25) is 0 Å². The lowest BCUT2D eigenvalue weighted by molar-refractivity contribution is 0.0748. The van der Waals surface area contributed by atoms with Gasteiger partial charge < -0.3 is 10.6 Å². The van der Waals surface area contributed by atoms with E-state index in [-0.39, 0.29) is 30.2 Å². The molecular weight excluding hydrogens is 335 g/mol. The van der Waals surface area contributed by atoms with Gasteiger partial charge in [0.2, 0.25) is 0 Å². The maximum Gasteiger partial charge on any atom is 0.264 e. The van der Waals surface area contributed by atoms with Gasteiger partial charge in [0.05, 0.1) is 4.88 Å². The Kier molecular flexibility index (Phi) is 5.79. The van der Waals surface area contributed by atoms with Crippen molar-refractivity contribution in [2.24, 2.45) is 11.7 Å². The highest BCUT2D eigenvalue weighted by atomic mass is 35.5. The van der Waals surface area contributed by atoms with E-state index in [4.69, 9.17) is 5.73 Å². The molecule has 1 aromatic heterocycles. The zero-order valence-electron chi connectivity index (χ0n) is 12.9. The normalized spacial score (nSPS) is 20.4. The molecule has 1 aliphatic heterocycles. The van der Waals surface area contributed by atoms with Crippen LogP contribution >= 0.6 is 23.7 Å². The van der Waals surface area contributed by atoms with Crippen LogP contribution in [0.3, 0.4) is 0 Å². The highest BCUT2D eigenvalue weighted by molar-refractivity contribution is 7.17. The van der Waals surface area contributed by atoms with Crippen LogP contribution in [0.1, 0.15) is 23.0 Å². The number of nitrogens with two attached hydrogens (primary N) is 1. The van der Waals surface area contributed by atoms with Crippen molar-refractivity contribution in [1.82, 2.24) is 4.90 Å². The second-order valence-corrected chi connectivity index (χ2v) is 6.90. The third-order valence-electron chi connectivity index (χ3n) is 4.20. The van der Waals surface area contributed by atoms with Gasteiger partial charge in [-0.1, -0.05) is 12.1 Å². The summed E-state index contributed by atoms with van der Waals surface area (Å²) in [6.07, 6.45) is 0.971. The molecule has 1 saturated heterocycles. The van der Waals surface area contributed by atoms with E-state index in [1.807, 2.05) is 17.0 Å². The molecule has 2 heterocycles. The Labute approximate surface area is 145 Å². The number of likely N-dealkylation sites (tertiary alicyclic amines) is 1. The molecule has 3 rings (SSSR count). The number of carbonyl (C=O) groups is 1. The van der Waals surface area contributed by atoms with Gasteiger partial charge in [-0.05, 0) is 55.6 Å². The Morgan fingerprint density at radius 2 is 2.00 bits per heavy atom. The SMILES string of the molecule is CC1CC(CN)CN1C(=O)c1ccc(-c2ccc(F)cc2)s1.Cl. The Morgan fingerprint density at radius 1 is 1.30 bits per heavy atom. The van der Waals surface area contributed by atoms with E-state index in [1.165, 1.54) is 23.5 Å². The first-order chi connectivity index (χ1) is 10.6. The summed E-state index contributed by atoms with van der Waals surface area (Å²) >= 11 is 1.45. The molecule has 2 unspecified atom stereocenters. The Hall–Kier alpha value is -1.43. The van der Waals surface area contributed by atoms with Crippen molar-refractivity contribution in [3.63, 3.8) is 0 Å². The van der Waals surface area contributed by atoms with Crippen molar-refractivity contribution < 1.29 is 9.18 Å². The highest BCUT2D eigenvalue weighted by Gasteiger charge is 2.32. The van der Waals surface area contributed by atoms with Crippen LogP contribution in [-0.4, -0.2) is 29.9 Å². The monoisotopic (exact) mass is 354 g/mol. The third kappa shape index (κ3) is 3.74. The fourth-order valence-corrected chi connectivity index (χ4v) is 3.93. The van der Waals surface area contributed by atoms with Gasteiger partial charge in [0.15, 0.2) is 0 Å². The number of benzene rings is 1. The number of halogens is 2. The largest absolute Gasteiger partial charge is 0.335 e. The standard InChI is InChI=1S/C17H19FN2OS.ClH/c1-11-8-12(9-19)10-20(11)17(21)16-7-6-15(22-16)13-2-4-14(18)5-3-13;/h2-7,11-12H,8-10,19H2,1H3;1H. The third-order valence-corrected chi connectivity index (χ3v) is 5.32. The quantitative estimate of drug-likeness (QED) is 0.911. The van der Waals surface area contributed by atoms with Gasteiger partial charge >= 0.3 is 0 Å². The lowest BCUT2D eigenvalue weighted by Gasteiger charge is -2.20. The van der Waals surface area contributed by atoms with Crippen molar-refractivity contribution >= 4 is 29.7 Å². The van der Waals surface area contributed by atoms with Crippen molar-refractivity contribution in [2.45, 2.75) is 19.4 Å². The molecule has 6 heteroatoms. The Morgan fingerprint density at radius 3 is 2.61 bits per heavy atom. The van der Waals surface area contributed by atoms with Gasteiger partial charge in [-0.15, -0.1) is 23.7 Å². The minimum absolute atomic E-state index is 0. The zero-order valence-corrected chi connectivity index (χ0v) is 14.5. The summed E-state index contributed by atoms with van der Waals surface area (Å²) < 4.78 is 13.0. The van der Waals surface area contributed by atoms with E-state index >= 15 is 0 Å². The van der Waals surface area contributed by atoms with E-state index in [0.717, 1.165) is 28.3 Å². The Bertz CT molecular complexity index is 673. The summed E-state index contributed by atoms with van der Waals surface area (Å²) in [6.45, 7) is 3.43. The fourth-order valence-electron chi connectivity index (χ4n) is 2.96. The Balaban J connectivity index is 0.00000192. The van der Waals surface area contributed by atoms with Gasteiger partial charge in [-0.25, -0.2) is 4.39 Å². The lowest BCUT2D eigenvalue weighted by Crippen LogP contribution is -2.33. The molecule has 124 valence electrons. The van der Waals surface area contributed by atoms with E-state index in [0.29, 0.717) is 12.5 Å². The number of rotatable bonds is 3. The van der Waals surface area contributed by atoms with Gasteiger partial charge in [0, 0.05) is 17.5 Å². The minimum atomic E-state index is -0.254. The van der Waals surface area contributed by atoms with Gasteiger partial charge in [0.25, 0.3) is 5.91 Å². The zero-order chi connectivity index (χ0) is 15.7. The molecule has 1 amide bonds. The van der Waals surface area contributed by atoms with E-state index < -0.39 is 0 Å². The predicted molar refractivity (Wildman–Crippen MR) is 94.6 cm³/mol. The molecule has 0 radical (unpaired) electrons. The van der Waals surface area contributed by atoms with Crippen LogP contribution in [0.4, 0.5) is 4.39 Å². The molecule has 0 bridgehead atoms.